The number of methoxy groups -OCH3 is 1. The highest BCUT2D eigenvalue weighted by Crippen LogP contribution is 2.27. The summed E-state index contributed by atoms with van der Waals surface area (Å²) >= 11 is 0. The highest BCUT2D eigenvalue weighted by Gasteiger charge is 2.28. The maximum absolute atomic E-state index is 12.0. The van der Waals surface area contributed by atoms with Gasteiger partial charge in [0.2, 0.25) is 0 Å². The van der Waals surface area contributed by atoms with Crippen molar-refractivity contribution in [1.29, 1.82) is 0 Å². The molecule has 5 heteroatoms. The molecule has 0 saturated heterocycles. The number of nitrogens with zero attached hydrogens (tertiary/aromatic N) is 1. The summed E-state index contributed by atoms with van der Waals surface area (Å²) in [6, 6.07) is 7.84. The van der Waals surface area contributed by atoms with E-state index in [1.165, 1.54) is 5.56 Å². The first-order valence-electron chi connectivity index (χ1n) is 6.62. The Morgan fingerprint density at radius 1 is 1.47 bits per heavy atom. The minimum absolute atomic E-state index is 0.210. The lowest BCUT2D eigenvalue weighted by Gasteiger charge is -2.32. The number of anilines is 1. The Morgan fingerprint density at radius 3 is 3.00 bits per heavy atom. The third-order valence-electron chi connectivity index (χ3n) is 3.54. The lowest BCUT2D eigenvalue weighted by molar-refractivity contribution is -0.123. The second kappa shape index (κ2) is 6.54. The summed E-state index contributed by atoms with van der Waals surface area (Å²) in [5.74, 6) is 5.08. The van der Waals surface area contributed by atoms with Crippen LogP contribution < -0.4 is 16.2 Å². The van der Waals surface area contributed by atoms with E-state index in [9.17, 15) is 4.79 Å². The van der Waals surface area contributed by atoms with Crippen molar-refractivity contribution in [3.63, 3.8) is 0 Å². The fraction of sp³-hybridized carbons (Fsp3) is 0.500. The van der Waals surface area contributed by atoms with E-state index in [-0.39, 0.29) is 11.9 Å². The van der Waals surface area contributed by atoms with E-state index in [1.807, 2.05) is 12.1 Å². The number of hydrazine groups is 1. The molecule has 0 aromatic heterocycles. The number of hydrogen-bond acceptors (Lipinski definition) is 4. The number of nitrogens with one attached hydrogen (secondary N) is 1. The van der Waals surface area contributed by atoms with Crippen LogP contribution in [-0.2, 0) is 16.0 Å². The lowest BCUT2D eigenvalue weighted by Crippen LogP contribution is -2.52. The van der Waals surface area contributed by atoms with Crippen LogP contribution in [-0.4, -0.2) is 32.2 Å². The fourth-order valence-corrected chi connectivity index (χ4v) is 2.61. The number of rotatable bonds is 4. The number of fused-ring (bicyclic) bond motifs is 1. The Labute approximate surface area is 113 Å². The molecule has 1 unspecified atom stereocenters. The van der Waals surface area contributed by atoms with Crippen LogP contribution in [0.5, 0.6) is 0 Å². The molecule has 3 N–H and O–H groups in total. The first-order chi connectivity index (χ1) is 9.27. The van der Waals surface area contributed by atoms with E-state index in [0.717, 1.165) is 31.5 Å². The highest BCUT2D eigenvalue weighted by atomic mass is 16.5. The molecule has 19 heavy (non-hydrogen) atoms. The minimum atomic E-state index is -0.380. The van der Waals surface area contributed by atoms with Crippen molar-refractivity contribution in [3.8, 4) is 0 Å². The van der Waals surface area contributed by atoms with Gasteiger partial charge in [0.1, 0.15) is 6.04 Å². The predicted octanol–water partition coefficient (Wildman–Crippen LogP) is 0.834. The van der Waals surface area contributed by atoms with Crippen molar-refractivity contribution in [2.45, 2.75) is 25.3 Å². The third kappa shape index (κ3) is 3.05. The van der Waals surface area contributed by atoms with Crippen LogP contribution >= 0.6 is 0 Å². The Morgan fingerprint density at radius 2 is 2.26 bits per heavy atom. The van der Waals surface area contributed by atoms with Gasteiger partial charge in [-0.05, 0) is 30.9 Å². The van der Waals surface area contributed by atoms with Gasteiger partial charge in [0.05, 0.1) is 6.61 Å². The van der Waals surface area contributed by atoms with E-state index in [2.05, 4.69) is 22.5 Å². The molecule has 0 saturated carbocycles. The Hall–Kier alpha value is -1.59. The van der Waals surface area contributed by atoms with Crippen molar-refractivity contribution < 1.29 is 9.53 Å². The van der Waals surface area contributed by atoms with E-state index >= 15 is 0 Å². The van der Waals surface area contributed by atoms with Gasteiger partial charge >= 0.3 is 0 Å². The lowest BCUT2D eigenvalue weighted by atomic mass is 10.1. The summed E-state index contributed by atoms with van der Waals surface area (Å²) in [5.41, 5.74) is 4.64. The van der Waals surface area contributed by atoms with Crippen LogP contribution in [0.3, 0.4) is 0 Å². The summed E-state index contributed by atoms with van der Waals surface area (Å²) in [5, 5.41) is 0. The number of para-hydroxylation sites is 1. The van der Waals surface area contributed by atoms with Gasteiger partial charge in [0.25, 0.3) is 5.91 Å². The highest BCUT2D eigenvalue weighted by molar-refractivity contribution is 5.85. The first-order valence-corrected chi connectivity index (χ1v) is 6.62. The normalized spacial score (nSPS) is 16.4. The number of ether oxygens (including phenoxy) is 1. The van der Waals surface area contributed by atoms with Gasteiger partial charge in [-0.25, -0.2) is 5.84 Å². The van der Waals surface area contributed by atoms with E-state index < -0.39 is 0 Å². The Kier molecular flexibility index (Phi) is 4.76. The van der Waals surface area contributed by atoms with Crippen LogP contribution in [0.1, 0.15) is 18.4 Å². The Bertz CT molecular complexity index is 436. The molecule has 1 aliphatic rings. The maximum atomic E-state index is 12.0. The summed E-state index contributed by atoms with van der Waals surface area (Å²) in [6.45, 7) is 1.18. The third-order valence-corrected chi connectivity index (χ3v) is 3.54. The van der Waals surface area contributed by atoms with Gasteiger partial charge in [-0.1, -0.05) is 18.2 Å². The monoisotopic (exact) mass is 263 g/mol. The largest absolute Gasteiger partial charge is 0.382 e. The van der Waals surface area contributed by atoms with Gasteiger partial charge < -0.3 is 9.64 Å². The molecule has 0 bridgehead atoms. The molecule has 1 heterocycles. The molecule has 1 atom stereocenters. The number of benzene rings is 1. The molecule has 104 valence electrons. The number of nitrogens with two attached hydrogens (primary N) is 1. The number of amides is 1. The topological polar surface area (TPSA) is 67.6 Å². The molecule has 1 aliphatic heterocycles. The van der Waals surface area contributed by atoms with E-state index in [4.69, 9.17) is 10.6 Å². The van der Waals surface area contributed by atoms with Gasteiger partial charge in [-0.15, -0.1) is 0 Å². The molecule has 1 amide bonds. The van der Waals surface area contributed by atoms with Crippen LogP contribution in [0.2, 0.25) is 0 Å². The average Bonchev–Trinajstić information content (AvgIpc) is 2.66. The summed E-state index contributed by atoms with van der Waals surface area (Å²) in [4.78, 5) is 14.1. The molecule has 0 radical (unpaired) electrons. The van der Waals surface area contributed by atoms with Gasteiger partial charge in [0.15, 0.2) is 0 Å². The number of carbonyl (C=O) groups excluding carboxylic acids is 1. The van der Waals surface area contributed by atoms with Crippen LogP contribution in [0.25, 0.3) is 0 Å². The second-order valence-electron chi connectivity index (χ2n) is 4.76. The summed E-state index contributed by atoms with van der Waals surface area (Å²) in [6.07, 6.45) is 3.25. The maximum Gasteiger partial charge on any atom is 0.258 e. The average molecular weight is 263 g/mol. The number of aryl methyl sites for hydroxylation is 1. The summed E-state index contributed by atoms with van der Waals surface area (Å²) < 4.78 is 5.18. The van der Waals surface area contributed by atoms with Crippen LogP contribution in [0.4, 0.5) is 5.69 Å². The SMILES string of the molecule is COCC(C(=O)NN)N1CCCCc2ccccc21. The summed E-state index contributed by atoms with van der Waals surface area (Å²) in [7, 11) is 1.60. The first kappa shape index (κ1) is 13.8. The van der Waals surface area contributed by atoms with Crippen LogP contribution in [0.15, 0.2) is 24.3 Å². The zero-order chi connectivity index (χ0) is 13.7. The second-order valence-corrected chi connectivity index (χ2v) is 4.76. The smallest absolute Gasteiger partial charge is 0.258 e. The van der Waals surface area contributed by atoms with Gasteiger partial charge in [0, 0.05) is 19.3 Å². The van der Waals surface area contributed by atoms with Gasteiger partial charge in [-0.3, -0.25) is 10.2 Å². The molecule has 5 nitrogen and oxygen atoms in total. The standard InChI is InChI=1S/C14H21N3O2/c1-19-10-13(14(18)16-15)17-9-5-4-7-11-6-2-3-8-12(11)17/h2-3,6,8,13H,4-5,7,9-10,15H2,1H3,(H,16,18). The van der Waals surface area contributed by atoms with Crippen molar-refractivity contribution in [2.75, 3.05) is 25.2 Å². The Balaban J connectivity index is 2.33. The zero-order valence-electron chi connectivity index (χ0n) is 11.3. The number of carbonyl (C=O) groups is 1. The molecular weight excluding hydrogens is 242 g/mol. The quantitative estimate of drug-likeness (QED) is 0.480. The molecule has 0 spiro atoms. The van der Waals surface area contributed by atoms with Crippen molar-refractivity contribution in [3.05, 3.63) is 29.8 Å². The van der Waals surface area contributed by atoms with E-state index in [0.29, 0.717) is 6.61 Å². The predicted molar refractivity (Wildman–Crippen MR) is 74.7 cm³/mol. The van der Waals surface area contributed by atoms with Crippen molar-refractivity contribution in [2.24, 2.45) is 5.84 Å². The van der Waals surface area contributed by atoms with Crippen molar-refractivity contribution >= 4 is 11.6 Å². The van der Waals surface area contributed by atoms with Crippen LogP contribution in [0, 0.1) is 0 Å². The minimum Gasteiger partial charge on any atom is -0.382 e. The van der Waals surface area contributed by atoms with Crippen molar-refractivity contribution in [1.82, 2.24) is 5.43 Å². The fourth-order valence-electron chi connectivity index (χ4n) is 2.61. The molecule has 1 aromatic rings. The molecule has 2 rings (SSSR count). The number of hydrogen-bond donors (Lipinski definition) is 2. The molecule has 1 aromatic carbocycles. The van der Waals surface area contributed by atoms with E-state index in [1.54, 1.807) is 7.11 Å². The molecular formula is C14H21N3O2. The van der Waals surface area contributed by atoms with Gasteiger partial charge in [-0.2, -0.15) is 0 Å². The zero-order valence-corrected chi connectivity index (χ0v) is 11.3. The molecule has 0 aliphatic carbocycles. The molecule has 0 fully saturated rings.